The Balaban J connectivity index is 2.22. The number of rotatable bonds is 5. The zero-order valence-corrected chi connectivity index (χ0v) is 7.50. The molecule has 0 aromatic carbocycles. The Labute approximate surface area is 72.3 Å². The van der Waals surface area contributed by atoms with E-state index in [2.05, 4.69) is 22.2 Å². The quantitative estimate of drug-likeness (QED) is 0.697. The van der Waals surface area contributed by atoms with Crippen molar-refractivity contribution in [1.82, 2.24) is 9.97 Å². The maximum Gasteiger partial charge on any atom is 0.200 e. The van der Waals surface area contributed by atoms with Gasteiger partial charge in [-0.2, -0.15) is 0 Å². The molecule has 68 valence electrons. The standard InChI is InChI=1S/C8H15N3O/c1-3-12-6-7(2)11-8-9-4-5-10-8/h4-5,7H,3,6H2,1-2H3,(H2,9,10,11). The van der Waals surface area contributed by atoms with Gasteiger partial charge in [0.15, 0.2) is 5.95 Å². The third-order valence-corrected chi connectivity index (χ3v) is 1.45. The molecule has 0 saturated carbocycles. The fraction of sp³-hybridized carbons (Fsp3) is 0.625. The highest BCUT2D eigenvalue weighted by molar-refractivity contribution is 5.24. The summed E-state index contributed by atoms with van der Waals surface area (Å²) >= 11 is 0. The van der Waals surface area contributed by atoms with Gasteiger partial charge in [-0.1, -0.05) is 0 Å². The van der Waals surface area contributed by atoms with Gasteiger partial charge in [-0.15, -0.1) is 0 Å². The Kier molecular flexibility index (Phi) is 3.60. The number of nitrogens with zero attached hydrogens (tertiary/aromatic N) is 1. The number of aromatic nitrogens is 2. The summed E-state index contributed by atoms with van der Waals surface area (Å²) in [5.41, 5.74) is 0. The fourth-order valence-corrected chi connectivity index (χ4v) is 0.914. The molecule has 0 spiro atoms. The summed E-state index contributed by atoms with van der Waals surface area (Å²) in [6.07, 6.45) is 3.51. The summed E-state index contributed by atoms with van der Waals surface area (Å²) in [7, 11) is 0. The lowest BCUT2D eigenvalue weighted by atomic mass is 10.4. The first kappa shape index (κ1) is 9.06. The predicted molar refractivity (Wildman–Crippen MR) is 48.2 cm³/mol. The first-order chi connectivity index (χ1) is 5.83. The van der Waals surface area contributed by atoms with Gasteiger partial charge in [0.1, 0.15) is 0 Å². The van der Waals surface area contributed by atoms with Gasteiger partial charge in [-0.3, -0.25) is 0 Å². The van der Waals surface area contributed by atoms with Crippen LogP contribution in [0.1, 0.15) is 13.8 Å². The Hall–Kier alpha value is -1.03. The van der Waals surface area contributed by atoms with Crippen molar-refractivity contribution in [2.75, 3.05) is 18.5 Å². The fourth-order valence-electron chi connectivity index (χ4n) is 0.914. The van der Waals surface area contributed by atoms with Crippen LogP contribution in [0.25, 0.3) is 0 Å². The van der Waals surface area contributed by atoms with E-state index >= 15 is 0 Å². The number of H-pyrrole nitrogens is 1. The first-order valence-electron chi connectivity index (χ1n) is 4.16. The van der Waals surface area contributed by atoms with Gasteiger partial charge >= 0.3 is 0 Å². The molecule has 1 aromatic heterocycles. The van der Waals surface area contributed by atoms with Gasteiger partial charge in [0.25, 0.3) is 0 Å². The monoisotopic (exact) mass is 169 g/mol. The highest BCUT2D eigenvalue weighted by atomic mass is 16.5. The molecule has 0 aliphatic heterocycles. The molecule has 12 heavy (non-hydrogen) atoms. The van der Waals surface area contributed by atoms with E-state index in [1.807, 2.05) is 6.92 Å². The van der Waals surface area contributed by atoms with E-state index in [0.717, 1.165) is 12.6 Å². The van der Waals surface area contributed by atoms with Crippen LogP contribution in [0.4, 0.5) is 5.95 Å². The molecule has 4 nitrogen and oxygen atoms in total. The second-order valence-electron chi connectivity index (χ2n) is 2.64. The summed E-state index contributed by atoms with van der Waals surface area (Å²) in [6.45, 7) is 5.50. The van der Waals surface area contributed by atoms with Crippen LogP contribution >= 0.6 is 0 Å². The normalized spacial score (nSPS) is 12.8. The van der Waals surface area contributed by atoms with Gasteiger partial charge < -0.3 is 15.0 Å². The van der Waals surface area contributed by atoms with E-state index in [4.69, 9.17) is 4.74 Å². The molecule has 4 heteroatoms. The molecule has 0 amide bonds. The molecule has 1 rings (SSSR count). The summed E-state index contributed by atoms with van der Waals surface area (Å²) in [5, 5.41) is 3.16. The molecule has 0 radical (unpaired) electrons. The first-order valence-corrected chi connectivity index (χ1v) is 4.16. The number of aromatic amines is 1. The molecule has 1 atom stereocenters. The summed E-state index contributed by atoms with van der Waals surface area (Å²) in [6, 6.07) is 0.288. The minimum atomic E-state index is 0.288. The third kappa shape index (κ3) is 2.92. The zero-order valence-electron chi connectivity index (χ0n) is 7.50. The second kappa shape index (κ2) is 4.77. The van der Waals surface area contributed by atoms with Crippen LogP contribution in [0.5, 0.6) is 0 Å². The molecular weight excluding hydrogens is 154 g/mol. The summed E-state index contributed by atoms with van der Waals surface area (Å²) < 4.78 is 5.24. The van der Waals surface area contributed by atoms with E-state index < -0.39 is 0 Å². The molecule has 2 N–H and O–H groups in total. The van der Waals surface area contributed by atoms with Crippen LogP contribution in [-0.2, 0) is 4.74 Å². The smallest absolute Gasteiger partial charge is 0.200 e. The van der Waals surface area contributed by atoms with Crippen molar-refractivity contribution < 1.29 is 4.74 Å². The number of anilines is 1. The lowest BCUT2D eigenvalue weighted by molar-refractivity contribution is 0.141. The summed E-state index contributed by atoms with van der Waals surface area (Å²) in [4.78, 5) is 7.01. The molecule has 0 aliphatic rings. The van der Waals surface area contributed by atoms with Crippen LogP contribution in [0.15, 0.2) is 12.4 Å². The third-order valence-electron chi connectivity index (χ3n) is 1.45. The summed E-state index contributed by atoms with van der Waals surface area (Å²) in [5.74, 6) is 0.794. The topological polar surface area (TPSA) is 49.9 Å². The van der Waals surface area contributed by atoms with Crippen LogP contribution < -0.4 is 5.32 Å². The highest BCUT2D eigenvalue weighted by Crippen LogP contribution is 1.98. The predicted octanol–water partition coefficient (Wildman–Crippen LogP) is 1.25. The van der Waals surface area contributed by atoms with Crippen molar-refractivity contribution in [3.63, 3.8) is 0 Å². The van der Waals surface area contributed by atoms with Gasteiger partial charge in [0, 0.05) is 25.0 Å². The zero-order chi connectivity index (χ0) is 8.81. The molecule has 0 bridgehead atoms. The number of imidazole rings is 1. The molecule has 1 heterocycles. The van der Waals surface area contributed by atoms with Crippen molar-refractivity contribution in [3.8, 4) is 0 Å². The molecule has 1 unspecified atom stereocenters. The van der Waals surface area contributed by atoms with E-state index in [1.54, 1.807) is 12.4 Å². The molecule has 0 saturated heterocycles. The van der Waals surface area contributed by atoms with E-state index in [-0.39, 0.29) is 6.04 Å². The molecule has 0 aliphatic carbocycles. The average molecular weight is 169 g/mol. The highest BCUT2D eigenvalue weighted by Gasteiger charge is 2.01. The maximum atomic E-state index is 5.24. The van der Waals surface area contributed by atoms with Crippen molar-refractivity contribution >= 4 is 5.95 Å². The lowest BCUT2D eigenvalue weighted by Gasteiger charge is -2.11. The Morgan fingerprint density at radius 3 is 3.17 bits per heavy atom. The van der Waals surface area contributed by atoms with Crippen molar-refractivity contribution in [2.45, 2.75) is 19.9 Å². The Morgan fingerprint density at radius 1 is 1.75 bits per heavy atom. The lowest BCUT2D eigenvalue weighted by Crippen LogP contribution is -2.22. The number of hydrogen-bond donors (Lipinski definition) is 2. The minimum Gasteiger partial charge on any atom is -0.380 e. The number of nitrogens with one attached hydrogen (secondary N) is 2. The van der Waals surface area contributed by atoms with Crippen molar-refractivity contribution in [2.24, 2.45) is 0 Å². The molecule has 0 fully saturated rings. The minimum absolute atomic E-state index is 0.288. The SMILES string of the molecule is CCOCC(C)Nc1ncc[nH]1. The average Bonchev–Trinajstić information content (AvgIpc) is 2.53. The van der Waals surface area contributed by atoms with Crippen molar-refractivity contribution in [3.05, 3.63) is 12.4 Å². The van der Waals surface area contributed by atoms with E-state index in [0.29, 0.717) is 6.61 Å². The maximum absolute atomic E-state index is 5.24. The van der Waals surface area contributed by atoms with Crippen LogP contribution in [-0.4, -0.2) is 29.2 Å². The van der Waals surface area contributed by atoms with Crippen molar-refractivity contribution in [1.29, 1.82) is 0 Å². The molecular formula is C8H15N3O. The van der Waals surface area contributed by atoms with Gasteiger partial charge in [-0.05, 0) is 13.8 Å². The Bertz CT molecular complexity index is 198. The second-order valence-corrected chi connectivity index (χ2v) is 2.64. The van der Waals surface area contributed by atoms with Crippen LogP contribution in [0, 0.1) is 0 Å². The largest absolute Gasteiger partial charge is 0.380 e. The van der Waals surface area contributed by atoms with Gasteiger partial charge in [-0.25, -0.2) is 4.98 Å². The van der Waals surface area contributed by atoms with Crippen LogP contribution in [0.2, 0.25) is 0 Å². The van der Waals surface area contributed by atoms with E-state index in [1.165, 1.54) is 0 Å². The molecule has 1 aromatic rings. The Morgan fingerprint density at radius 2 is 2.58 bits per heavy atom. The van der Waals surface area contributed by atoms with Gasteiger partial charge in [0.05, 0.1) is 6.61 Å². The number of hydrogen-bond acceptors (Lipinski definition) is 3. The number of ether oxygens (including phenoxy) is 1. The van der Waals surface area contributed by atoms with Gasteiger partial charge in [0.2, 0.25) is 0 Å². The van der Waals surface area contributed by atoms with Crippen LogP contribution in [0.3, 0.4) is 0 Å². The van der Waals surface area contributed by atoms with E-state index in [9.17, 15) is 0 Å².